The Balaban J connectivity index is 3.19. The van der Waals surface area contributed by atoms with Crippen LogP contribution in [-0.4, -0.2) is 62.0 Å². The molecule has 0 aliphatic rings. The van der Waals surface area contributed by atoms with Crippen molar-refractivity contribution in [2.45, 2.75) is 85.8 Å². The number of carbonyl (C=O) groups excluding carboxylic acids is 2. The number of aliphatic carboxylic acids is 1. The lowest BCUT2D eigenvalue weighted by Gasteiger charge is -2.29. The molecule has 2 N–H and O–H groups in total. The zero-order valence-corrected chi connectivity index (χ0v) is 25.2. The summed E-state index contributed by atoms with van der Waals surface area (Å²) in [7, 11) is 3.24. The Morgan fingerprint density at radius 1 is 0.974 bits per heavy atom. The Labute approximate surface area is 233 Å². The number of nitrogens with one attached hydrogen (secondary N) is 1. The molecule has 9 nitrogen and oxygen atoms in total. The van der Waals surface area contributed by atoms with Crippen molar-refractivity contribution in [2.24, 2.45) is 23.7 Å². The van der Waals surface area contributed by atoms with Gasteiger partial charge in [0.25, 0.3) is 0 Å². The van der Waals surface area contributed by atoms with E-state index >= 15 is 0 Å². The number of carbonyl (C=O) groups is 3. The van der Waals surface area contributed by atoms with Gasteiger partial charge >= 0.3 is 12.1 Å². The van der Waals surface area contributed by atoms with E-state index in [0.717, 1.165) is 12.0 Å². The average Bonchev–Trinajstić information content (AvgIpc) is 2.82. The summed E-state index contributed by atoms with van der Waals surface area (Å²) in [4.78, 5) is 37.8. The number of carboxylic acids is 1. The normalized spacial score (nSPS) is 14.0. The standard InChI is InChI=1S/C30H49NO8/c1-19(2)22(15-21-11-12-26(37-9)27(16-21)38-14-10-13-36-8)17-24(31-29(35)39-30(5,6)7)25(32)18-23(20(3)4)28(33)34/h11-12,16,19-20,22-24H,10,13-15,17-18H2,1-9H3,(H,31,35)(H,33,34)/t22-,23+,24-/m0/s1. The van der Waals surface area contributed by atoms with E-state index in [-0.39, 0.29) is 30.0 Å². The molecule has 0 saturated carbocycles. The third-order valence-corrected chi connectivity index (χ3v) is 6.58. The van der Waals surface area contributed by atoms with E-state index in [1.807, 2.05) is 18.2 Å². The number of methoxy groups -OCH3 is 2. The van der Waals surface area contributed by atoms with Crippen LogP contribution in [0.25, 0.3) is 0 Å². The molecule has 3 atom stereocenters. The Bertz CT molecular complexity index is 922. The zero-order chi connectivity index (χ0) is 29.8. The summed E-state index contributed by atoms with van der Waals surface area (Å²) in [5, 5.41) is 12.4. The van der Waals surface area contributed by atoms with Gasteiger partial charge in [0.1, 0.15) is 5.60 Å². The molecule has 0 aliphatic carbocycles. The summed E-state index contributed by atoms with van der Waals surface area (Å²) in [6.45, 7) is 14.0. The number of ketones is 1. The fourth-order valence-electron chi connectivity index (χ4n) is 4.23. The summed E-state index contributed by atoms with van der Waals surface area (Å²) in [5.41, 5.74) is 0.268. The smallest absolute Gasteiger partial charge is 0.408 e. The Morgan fingerprint density at radius 3 is 2.15 bits per heavy atom. The van der Waals surface area contributed by atoms with Crippen molar-refractivity contribution in [3.05, 3.63) is 23.8 Å². The van der Waals surface area contributed by atoms with Gasteiger partial charge in [-0.25, -0.2) is 4.79 Å². The van der Waals surface area contributed by atoms with Crippen LogP contribution in [0.15, 0.2) is 18.2 Å². The highest BCUT2D eigenvalue weighted by atomic mass is 16.6. The molecule has 0 bridgehead atoms. The first-order valence-electron chi connectivity index (χ1n) is 13.7. The number of alkyl carbamates (subject to hydrolysis) is 1. The summed E-state index contributed by atoms with van der Waals surface area (Å²) in [6, 6.07) is 4.89. The minimum Gasteiger partial charge on any atom is -0.493 e. The van der Waals surface area contributed by atoms with Crippen LogP contribution in [-0.2, 0) is 25.5 Å². The second-order valence-electron chi connectivity index (χ2n) is 11.7. The first-order valence-corrected chi connectivity index (χ1v) is 13.7. The predicted molar refractivity (Wildman–Crippen MR) is 150 cm³/mol. The van der Waals surface area contributed by atoms with Gasteiger partial charge in [-0.15, -0.1) is 0 Å². The molecule has 0 heterocycles. The molecule has 0 spiro atoms. The van der Waals surface area contributed by atoms with E-state index in [0.29, 0.717) is 37.6 Å². The number of amides is 1. The van der Waals surface area contributed by atoms with E-state index in [1.54, 1.807) is 48.8 Å². The van der Waals surface area contributed by atoms with Gasteiger partial charge < -0.3 is 29.4 Å². The first kappa shape index (κ1) is 34.2. The van der Waals surface area contributed by atoms with Crippen LogP contribution in [0.3, 0.4) is 0 Å². The number of rotatable bonds is 17. The highest BCUT2D eigenvalue weighted by Gasteiger charge is 2.32. The van der Waals surface area contributed by atoms with E-state index in [4.69, 9.17) is 18.9 Å². The van der Waals surface area contributed by atoms with Gasteiger partial charge in [-0.05, 0) is 69.1 Å². The lowest BCUT2D eigenvalue weighted by molar-refractivity contribution is -0.145. The fourth-order valence-corrected chi connectivity index (χ4v) is 4.23. The Kier molecular flexibility index (Phi) is 14.3. The van der Waals surface area contributed by atoms with Crippen molar-refractivity contribution in [1.82, 2.24) is 5.32 Å². The molecule has 39 heavy (non-hydrogen) atoms. The number of hydrogen-bond acceptors (Lipinski definition) is 7. The number of benzene rings is 1. The molecule has 222 valence electrons. The van der Waals surface area contributed by atoms with E-state index in [1.165, 1.54) is 0 Å². The van der Waals surface area contributed by atoms with E-state index in [9.17, 15) is 19.5 Å². The third kappa shape index (κ3) is 12.7. The van der Waals surface area contributed by atoms with Gasteiger partial charge in [-0.1, -0.05) is 33.8 Å². The van der Waals surface area contributed by atoms with E-state index < -0.39 is 29.6 Å². The Morgan fingerprint density at radius 2 is 1.64 bits per heavy atom. The van der Waals surface area contributed by atoms with E-state index in [2.05, 4.69) is 19.2 Å². The maximum absolute atomic E-state index is 13.4. The topological polar surface area (TPSA) is 120 Å². The van der Waals surface area contributed by atoms with Crippen molar-refractivity contribution in [1.29, 1.82) is 0 Å². The molecule has 0 unspecified atom stereocenters. The number of Topliss-reactive ketones (excluding diaryl/α,β-unsaturated/α-hetero) is 1. The third-order valence-electron chi connectivity index (χ3n) is 6.58. The Hall–Kier alpha value is -2.81. The molecular formula is C30H49NO8. The summed E-state index contributed by atoms with van der Waals surface area (Å²) >= 11 is 0. The molecule has 1 rings (SSSR count). The second-order valence-corrected chi connectivity index (χ2v) is 11.7. The minimum atomic E-state index is -1.02. The molecule has 0 aliphatic heterocycles. The zero-order valence-electron chi connectivity index (χ0n) is 25.2. The summed E-state index contributed by atoms with van der Waals surface area (Å²) < 4.78 is 21.9. The van der Waals surface area contributed by atoms with Crippen LogP contribution in [0.4, 0.5) is 4.79 Å². The van der Waals surface area contributed by atoms with Crippen molar-refractivity contribution in [2.75, 3.05) is 27.4 Å². The van der Waals surface area contributed by atoms with Crippen LogP contribution in [0.2, 0.25) is 0 Å². The molecule has 0 saturated heterocycles. The van der Waals surface area contributed by atoms with Crippen LogP contribution in [0.5, 0.6) is 11.5 Å². The van der Waals surface area contributed by atoms with Crippen LogP contribution < -0.4 is 14.8 Å². The highest BCUT2D eigenvalue weighted by molar-refractivity contribution is 5.90. The van der Waals surface area contributed by atoms with Crippen molar-refractivity contribution in [3.8, 4) is 11.5 Å². The average molecular weight is 552 g/mol. The number of hydrogen-bond donors (Lipinski definition) is 2. The highest BCUT2D eigenvalue weighted by Crippen LogP contribution is 2.31. The maximum atomic E-state index is 13.4. The molecular weight excluding hydrogens is 502 g/mol. The van der Waals surface area contributed by atoms with Crippen molar-refractivity contribution in [3.63, 3.8) is 0 Å². The van der Waals surface area contributed by atoms with Gasteiger partial charge in [0.15, 0.2) is 17.3 Å². The maximum Gasteiger partial charge on any atom is 0.408 e. The number of ether oxygens (including phenoxy) is 4. The first-order chi connectivity index (χ1) is 18.2. The monoisotopic (exact) mass is 551 g/mol. The van der Waals surface area contributed by atoms with Gasteiger partial charge in [0.2, 0.25) is 0 Å². The van der Waals surface area contributed by atoms with Gasteiger partial charge in [-0.2, -0.15) is 0 Å². The quantitative estimate of drug-likeness (QED) is 0.243. The molecule has 0 fully saturated rings. The van der Waals surface area contributed by atoms with Gasteiger partial charge in [0, 0.05) is 26.6 Å². The number of carboxylic acid groups (broad SMARTS) is 1. The predicted octanol–water partition coefficient (Wildman–Crippen LogP) is 5.52. The van der Waals surface area contributed by atoms with Crippen molar-refractivity contribution >= 4 is 17.8 Å². The van der Waals surface area contributed by atoms with Gasteiger partial charge in [0.05, 0.1) is 25.7 Å². The van der Waals surface area contributed by atoms with Crippen LogP contribution in [0.1, 0.15) is 73.3 Å². The van der Waals surface area contributed by atoms with Gasteiger partial charge in [-0.3, -0.25) is 9.59 Å². The van der Waals surface area contributed by atoms with Crippen LogP contribution in [0, 0.1) is 23.7 Å². The molecule has 1 aromatic carbocycles. The molecule has 1 aromatic rings. The fraction of sp³-hybridized carbons (Fsp3) is 0.700. The largest absolute Gasteiger partial charge is 0.493 e. The molecule has 0 radical (unpaired) electrons. The molecule has 9 heteroatoms. The lowest BCUT2D eigenvalue weighted by Crippen LogP contribution is -2.46. The SMILES string of the molecule is COCCCOc1cc(C[C@@H](C[C@H](NC(=O)OC(C)(C)C)C(=O)C[C@@H](C(=O)O)C(C)C)C(C)C)ccc1OC. The summed E-state index contributed by atoms with van der Waals surface area (Å²) in [6.07, 6.45) is 0.849. The molecule has 1 amide bonds. The van der Waals surface area contributed by atoms with Crippen molar-refractivity contribution < 1.29 is 38.4 Å². The lowest BCUT2D eigenvalue weighted by atomic mass is 9.81. The molecule has 0 aromatic heterocycles. The van der Waals surface area contributed by atoms with Crippen LogP contribution >= 0.6 is 0 Å². The summed E-state index contributed by atoms with van der Waals surface area (Å²) in [5.74, 6) is -0.955. The second kappa shape index (κ2) is 16.3. The minimum absolute atomic E-state index is 0.00551.